The van der Waals surface area contributed by atoms with Crippen molar-refractivity contribution in [3.8, 4) is 5.75 Å². The van der Waals surface area contributed by atoms with E-state index in [0.29, 0.717) is 6.42 Å². The van der Waals surface area contributed by atoms with E-state index in [1.165, 1.54) is 0 Å². The first kappa shape index (κ1) is 14.7. The molecule has 2 nitrogen and oxygen atoms in total. The third-order valence-electron chi connectivity index (χ3n) is 1.41. The van der Waals surface area contributed by atoms with Crippen LogP contribution >= 0.6 is 0 Å². The van der Waals surface area contributed by atoms with Crippen molar-refractivity contribution in [1.29, 1.82) is 0 Å². The van der Waals surface area contributed by atoms with Crippen LogP contribution in [-0.4, -0.2) is 11.6 Å². The highest BCUT2D eigenvalue weighted by molar-refractivity contribution is 5.24. The summed E-state index contributed by atoms with van der Waals surface area (Å²) in [6.45, 7) is 5.65. The van der Waals surface area contributed by atoms with Gasteiger partial charge in [0.2, 0.25) is 11.6 Å². The number of pyridine rings is 1. The summed E-state index contributed by atoms with van der Waals surface area (Å²) in [5, 5.41) is 0. The Bertz CT molecular complexity index is 318. The van der Waals surface area contributed by atoms with Gasteiger partial charge < -0.3 is 4.74 Å². The SMILES string of the molecule is CC.CCCOc1c(F)c(F)nc(F)c1F. The minimum Gasteiger partial charge on any atom is -0.487 e. The van der Waals surface area contributed by atoms with Crippen LogP contribution in [0.2, 0.25) is 0 Å². The first-order valence-corrected chi connectivity index (χ1v) is 4.90. The molecule has 0 atom stereocenters. The van der Waals surface area contributed by atoms with Crippen molar-refractivity contribution in [1.82, 2.24) is 4.98 Å². The lowest BCUT2D eigenvalue weighted by Crippen LogP contribution is -2.06. The van der Waals surface area contributed by atoms with Gasteiger partial charge in [0, 0.05) is 0 Å². The van der Waals surface area contributed by atoms with E-state index in [-0.39, 0.29) is 6.61 Å². The fraction of sp³-hybridized carbons (Fsp3) is 0.500. The normalized spacial score (nSPS) is 9.44. The number of hydrogen-bond acceptors (Lipinski definition) is 2. The Morgan fingerprint density at radius 1 is 1.00 bits per heavy atom. The third kappa shape index (κ3) is 3.36. The van der Waals surface area contributed by atoms with E-state index < -0.39 is 29.3 Å². The van der Waals surface area contributed by atoms with E-state index in [1.54, 1.807) is 6.92 Å². The number of aromatic nitrogens is 1. The highest BCUT2D eigenvalue weighted by Crippen LogP contribution is 2.24. The van der Waals surface area contributed by atoms with E-state index in [9.17, 15) is 17.6 Å². The third-order valence-corrected chi connectivity index (χ3v) is 1.41. The molecule has 1 heterocycles. The van der Waals surface area contributed by atoms with Crippen molar-refractivity contribution >= 4 is 0 Å². The summed E-state index contributed by atoms with van der Waals surface area (Å²) in [7, 11) is 0. The summed E-state index contributed by atoms with van der Waals surface area (Å²) in [5.74, 6) is -7.71. The highest BCUT2D eigenvalue weighted by atomic mass is 19.2. The van der Waals surface area contributed by atoms with E-state index in [1.807, 2.05) is 13.8 Å². The van der Waals surface area contributed by atoms with Gasteiger partial charge in [0.15, 0.2) is 5.75 Å². The van der Waals surface area contributed by atoms with Crippen molar-refractivity contribution < 1.29 is 22.3 Å². The molecule has 1 aromatic rings. The van der Waals surface area contributed by atoms with Crippen LogP contribution < -0.4 is 4.74 Å². The summed E-state index contributed by atoms with van der Waals surface area (Å²) in [6, 6.07) is 0. The summed E-state index contributed by atoms with van der Waals surface area (Å²) >= 11 is 0. The van der Waals surface area contributed by atoms with Gasteiger partial charge in [0.05, 0.1) is 6.61 Å². The van der Waals surface area contributed by atoms with Gasteiger partial charge >= 0.3 is 0 Å². The maximum Gasteiger partial charge on any atom is 0.255 e. The molecule has 0 unspecified atom stereocenters. The van der Waals surface area contributed by atoms with Crippen LogP contribution in [0.4, 0.5) is 17.6 Å². The monoisotopic (exact) mass is 239 g/mol. The molecular formula is C10H13F4NO. The number of nitrogens with zero attached hydrogens (tertiary/aromatic N) is 1. The zero-order chi connectivity index (χ0) is 12.7. The fourth-order valence-electron chi connectivity index (χ4n) is 0.799. The molecule has 0 radical (unpaired) electrons. The lowest BCUT2D eigenvalue weighted by molar-refractivity contribution is 0.264. The zero-order valence-corrected chi connectivity index (χ0v) is 9.28. The molecule has 0 spiro atoms. The lowest BCUT2D eigenvalue weighted by Gasteiger charge is -2.06. The molecule has 0 aliphatic rings. The van der Waals surface area contributed by atoms with Gasteiger partial charge in [-0.25, -0.2) is 0 Å². The molecule has 0 saturated heterocycles. The van der Waals surface area contributed by atoms with Crippen molar-refractivity contribution in [2.45, 2.75) is 27.2 Å². The Morgan fingerprint density at radius 2 is 1.44 bits per heavy atom. The standard InChI is InChI=1S/C8H7F4NO.C2H6/c1-2-3-14-6-4(9)7(11)13-8(12)5(6)10;1-2/h2-3H2,1H3;1-2H3. The van der Waals surface area contributed by atoms with Crippen LogP contribution in [0.15, 0.2) is 0 Å². The van der Waals surface area contributed by atoms with Gasteiger partial charge in [-0.05, 0) is 6.42 Å². The second kappa shape index (κ2) is 7.03. The molecular weight excluding hydrogens is 226 g/mol. The molecule has 0 saturated carbocycles. The Morgan fingerprint density at radius 3 is 1.81 bits per heavy atom. The van der Waals surface area contributed by atoms with Gasteiger partial charge in [0.25, 0.3) is 11.9 Å². The van der Waals surface area contributed by atoms with Crippen molar-refractivity contribution in [2.75, 3.05) is 6.61 Å². The van der Waals surface area contributed by atoms with Crippen LogP contribution in [0.3, 0.4) is 0 Å². The topological polar surface area (TPSA) is 22.1 Å². The first-order chi connectivity index (χ1) is 7.57. The second-order valence-corrected chi connectivity index (χ2v) is 2.50. The fourth-order valence-corrected chi connectivity index (χ4v) is 0.799. The van der Waals surface area contributed by atoms with E-state index in [2.05, 4.69) is 9.72 Å². The molecule has 1 rings (SSSR count). The Balaban J connectivity index is 0.00000106. The Kier molecular flexibility index (Phi) is 6.44. The van der Waals surface area contributed by atoms with Crippen LogP contribution in [0, 0.1) is 23.5 Å². The van der Waals surface area contributed by atoms with Gasteiger partial charge in [-0.3, -0.25) is 0 Å². The maximum absolute atomic E-state index is 12.8. The minimum absolute atomic E-state index is 0.0310. The molecule has 0 fully saturated rings. The summed E-state index contributed by atoms with van der Waals surface area (Å²) in [6.07, 6.45) is 0.463. The molecule has 0 aliphatic carbocycles. The van der Waals surface area contributed by atoms with E-state index >= 15 is 0 Å². The smallest absolute Gasteiger partial charge is 0.255 e. The van der Waals surface area contributed by atoms with E-state index in [4.69, 9.17) is 0 Å². The lowest BCUT2D eigenvalue weighted by atomic mass is 10.4. The number of halogens is 4. The molecule has 0 amide bonds. The van der Waals surface area contributed by atoms with Crippen molar-refractivity contribution in [3.63, 3.8) is 0 Å². The predicted molar refractivity (Wildman–Crippen MR) is 51.2 cm³/mol. The first-order valence-electron chi connectivity index (χ1n) is 4.90. The Hall–Kier alpha value is -1.33. The molecule has 16 heavy (non-hydrogen) atoms. The summed E-state index contributed by atoms with van der Waals surface area (Å²) in [5.41, 5.74) is 0. The number of rotatable bonds is 3. The number of hydrogen-bond donors (Lipinski definition) is 0. The highest BCUT2D eigenvalue weighted by Gasteiger charge is 2.21. The Labute approximate surface area is 91.3 Å². The molecule has 1 aromatic heterocycles. The molecule has 92 valence electrons. The van der Waals surface area contributed by atoms with Gasteiger partial charge in [0.1, 0.15) is 0 Å². The minimum atomic E-state index is -1.71. The summed E-state index contributed by atoms with van der Waals surface area (Å²) in [4.78, 5) is 2.38. The average Bonchev–Trinajstić information content (AvgIpc) is 2.29. The van der Waals surface area contributed by atoms with Crippen molar-refractivity contribution in [3.05, 3.63) is 23.5 Å². The quantitative estimate of drug-likeness (QED) is 0.595. The second-order valence-electron chi connectivity index (χ2n) is 2.50. The van der Waals surface area contributed by atoms with Gasteiger partial charge in [-0.2, -0.15) is 22.5 Å². The predicted octanol–water partition coefficient (Wildman–Crippen LogP) is 3.45. The van der Waals surface area contributed by atoms with Crippen LogP contribution in [0.1, 0.15) is 27.2 Å². The zero-order valence-electron chi connectivity index (χ0n) is 9.28. The maximum atomic E-state index is 12.8. The molecule has 0 aliphatic heterocycles. The molecule has 0 bridgehead atoms. The van der Waals surface area contributed by atoms with E-state index in [0.717, 1.165) is 0 Å². The summed E-state index contributed by atoms with van der Waals surface area (Å²) < 4.78 is 55.1. The largest absolute Gasteiger partial charge is 0.487 e. The van der Waals surface area contributed by atoms with Crippen LogP contribution in [0.25, 0.3) is 0 Å². The average molecular weight is 239 g/mol. The molecule has 0 aromatic carbocycles. The van der Waals surface area contributed by atoms with Crippen LogP contribution in [0.5, 0.6) is 5.75 Å². The van der Waals surface area contributed by atoms with Gasteiger partial charge in [-0.15, -0.1) is 0 Å². The number of ether oxygens (including phenoxy) is 1. The van der Waals surface area contributed by atoms with Crippen molar-refractivity contribution in [2.24, 2.45) is 0 Å². The molecule has 6 heteroatoms. The van der Waals surface area contributed by atoms with Crippen LogP contribution in [-0.2, 0) is 0 Å². The van der Waals surface area contributed by atoms with Gasteiger partial charge in [-0.1, -0.05) is 20.8 Å². The molecule has 0 N–H and O–H groups in total.